The molecule has 0 aliphatic rings. The number of nitrogens with one attached hydrogen (secondary N) is 1. The third-order valence-corrected chi connectivity index (χ3v) is 4.91. The number of thioether (sulfide) groups is 1. The van der Waals surface area contributed by atoms with Crippen LogP contribution in [0.3, 0.4) is 0 Å². The van der Waals surface area contributed by atoms with Crippen LogP contribution >= 0.6 is 23.4 Å². The van der Waals surface area contributed by atoms with Crippen LogP contribution in [0.4, 0.5) is 5.82 Å². The number of amides is 1. The largest absolute Gasteiger partial charge is 0.310 e. The number of halogens is 1. The maximum absolute atomic E-state index is 12.4. The van der Waals surface area contributed by atoms with Crippen molar-refractivity contribution >= 4 is 35.1 Å². The molecule has 1 atom stereocenters. The fourth-order valence-corrected chi connectivity index (χ4v) is 3.29. The van der Waals surface area contributed by atoms with Crippen LogP contribution in [0.25, 0.3) is 11.4 Å². The van der Waals surface area contributed by atoms with Crippen LogP contribution in [0, 0.1) is 0 Å². The third kappa shape index (κ3) is 4.20. The van der Waals surface area contributed by atoms with Gasteiger partial charge in [0.25, 0.3) is 0 Å². The summed E-state index contributed by atoms with van der Waals surface area (Å²) in [6, 6.07) is 7.10. The number of rotatable bonds is 6. The van der Waals surface area contributed by atoms with Crippen LogP contribution in [-0.4, -0.2) is 35.9 Å². The normalized spacial score (nSPS) is 12.0. The number of pyridine rings is 2. The van der Waals surface area contributed by atoms with E-state index in [-0.39, 0.29) is 11.2 Å². The lowest BCUT2D eigenvalue weighted by Gasteiger charge is -2.12. The Hall–Kier alpha value is -2.45. The van der Waals surface area contributed by atoms with Crippen molar-refractivity contribution < 1.29 is 4.79 Å². The van der Waals surface area contributed by atoms with Crippen molar-refractivity contribution in [1.82, 2.24) is 24.7 Å². The molecule has 0 saturated heterocycles. The predicted molar refractivity (Wildman–Crippen MR) is 102 cm³/mol. The minimum absolute atomic E-state index is 0.166. The summed E-state index contributed by atoms with van der Waals surface area (Å²) in [6.45, 7) is 4.53. The van der Waals surface area contributed by atoms with Gasteiger partial charge in [-0.3, -0.25) is 9.78 Å². The van der Waals surface area contributed by atoms with E-state index in [0.29, 0.717) is 22.5 Å². The van der Waals surface area contributed by atoms with Gasteiger partial charge in [-0.15, -0.1) is 10.2 Å². The van der Waals surface area contributed by atoms with Crippen LogP contribution in [-0.2, 0) is 11.3 Å². The standard InChI is InChI=1S/C17H17ClN6OS/c1-3-24-15(12-6-8-19-9-7-12)22-23-17(24)26-11(2)16(25)21-14-5-4-13(18)10-20-14/h4-11H,3H2,1-2H3,(H,20,21,25)/t11-/m1/s1. The van der Waals surface area contributed by atoms with E-state index in [0.717, 1.165) is 11.4 Å². The molecule has 1 N–H and O–H groups in total. The fraction of sp³-hybridized carbons (Fsp3) is 0.235. The van der Waals surface area contributed by atoms with E-state index in [1.54, 1.807) is 24.5 Å². The smallest absolute Gasteiger partial charge is 0.238 e. The number of carbonyl (C=O) groups excluding carboxylic acids is 1. The Balaban J connectivity index is 1.73. The molecule has 3 aromatic heterocycles. The van der Waals surface area contributed by atoms with E-state index >= 15 is 0 Å². The number of aromatic nitrogens is 5. The Morgan fingerprint density at radius 3 is 2.69 bits per heavy atom. The van der Waals surface area contributed by atoms with Crippen molar-refractivity contribution in [3.8, 4) is 11.4 Å². The van der Waals surface area contributed by atoms with E-state index in [4.69, 9.17) is 11.6 Å². The number of nitrogens with zero attached hydrogens (tertiary/aromatic N) is 5. The first kappa shape index (κ1) is 18.3. The number of anilines is 1. The summed E-state index contributed by atoms with van der Waals surface area (Å²) in [6.07, 6.45) is 4.92. The zero-order valence-corrected chi connectivity index (χ0v) is 15.8. The molecule has 3 aromatic rings. The second kappa shape index (κ2) is 8.29. The SMILES string of the molecule is CCn1c(S[C@H](C)C(=O)Nc2ccc(Cl)cn2)nnc1-c1ccncc1. The van der Waals surface area contributed by atoms with Gasteiger partial charge in [-0.2, -0.15) is 0 Å². The highest BCUT2D eigenvalue weighted by Gasteiger charge is 2.20. The lowest BCUT2D eigenvalue weighted by molar-refractivity contribution is -0.115. The highest BCUT2D eigenvalue weighted by atomic mass is 35.5. The molecule has 9 heteroatoms. The second-order valence-electron chi connectivity index (χ2n) is 5.40. The van der Waals surface area contributed by atoms with Gasteiger partial charge in [-0.05, 0) is 38.1 Å². The Kier molecular flexibility index (Phi) is 5.85. The summed E-state index contributed by atoms with van der Waals surface area (Å²) in [4.78, 5) is 20.5. The van der Waals surface area contributed by atoms with Crippen molar-refractivity contribution in [3.05, 3.63) is 47.9 Å². The van der Waals surface area contributed by atoms with Gasteiger partial charge in [0, 0.05) is 30.7 Å². The van der Waals surface area contributed by atoms with E-state index < -0.39 is 0 Å². The molecular weight excluding hydrogens is 372 g/mol. The van der Waals surface area contributed by atoms with Gasteiger partial charge in [0.05, 0.1) is 10.3 Å². The maximum Gasteiger partial charge on any atom is 0.238 e. The summed E-state index contributed by atoms with van der Waals surface area (Å²) >= 11 is 7.15. The van der Waals surface area contributed by atoms with Crippen molar-refractivity contribution in [2.24, 2.45) is 0 Å². The molecule has 1 amide bonds. The van der Waals surface area contributed by atoms with Crippen molar-refractivity contribution in [1.29, 1.82) is 0 Å². The first-order valence-electron chi connectivity index (χ1n) is 8.01. The number of carbonyl (C=O) groups is 1. The molecule has 0 saturated carbocycles. The second-order valence-corrected chi connectivity index (χ2v) is 7.14. The molecule has 0 spiro atoms. The molecule has 26 heavy (non-hydrogen) atoms. The Morgan fingerprint density at radius 1 is 1.27 bits per heavy atom. The molecule has 0 unspecified atom stereocenters. The molecule has 134 valence electrons. The highest BCUT2D eigenvalue weighted by molar-refractivity contribution is 8.00. The Labute approximate surface area is 160 Å². The molecule has 0 fully saturated rings. The average Bonchev–Trinajstić information content (AvgIpc) is 3.06. The lowest BCUT2D eigenvalue weighted by Crippen LogP contribution is -2.23. The molecule has 0 radical (unpaired) electrons. The van der Waals surface area contributed by atoms with Gasteiger partial charge in [0.1, 0.15) is 5.82 Å². The predicted octanol–water partition coefficient (Wildman–Crippen LogP) is 3.53. The lowest BCUT2D eigenvalue weighted by atomic mass is 10.2. The summed E-state index contributed by atoms with van der Waals surface area (Å²) in [5.74, 6) is 1.05. The average molecular weight is 389 g/mol. The van der Waals surface area contributed by atoms with Crippen molar-refractivity contribution in [2.75, 3.05) is 5.32 Å². The van der Waals surface area contributed by atoms with Gasteiger partial charge in [-0.1, -0.05) is 23.4 Å². The van der Waals surface area contributed by atoms with Gasteiger partial charge in [-0.25, -0.2) is 4.98 Å². The molecule has 3 heterocycles. The summed E-state index contributed by atoms with van der Waals surface area (Å²) in [5.41, 5.74) is 0.934. The molecule has 3 rings (SSSR count). The van der Waals surface area contributed by atoms with E-state index in [9.17, 15) is 4.79 Å². The van der Waals surface area contributed by atoms with Gasteiger partial charge >= 0.3 is 0 Å². The number of hydrogen-bond acceptors (Lipinski definition) is 6. The first-order chi connectivity index (χ1) is 12.6. The molecule has 0 aromatic carbocycles. The zero-order chi connectivity index (χ0) is 18.5. The minimum atomic E-state index is -0.368. The molecule has 0 aliphatic carbocycles. The van der Waals surface area contributed by atoms with Gasteiger partial charge in [0.15, 0.2) is 11.0 Å². The number of hydrogen-bond donors (Lipinski definition) is 1. The van der Waals surface area contributed by atoms with Crippen molar-refractivity contribution in [2.45, 2.75) is 30.8 Å². The van der Waals surface area contributed by atoms with E-state index in [2.05, 4.69) is 25.5 Å². The third-order valence-electron chi connectivity index (χ3n) is 3.60. The molecule has 0 aliphatic heterocycles. The summed E-state index contributed by atoms with van der Waals surface area (Å²) < 4.78 is 1.98. The van der Waals surface area contributed by atoms with E-state index in [1.807, 2.05) is 30.5 Å². The minimum Gasteiger partial charge on any atom is -0.310 e. The first-order valence-corrected chi connectivity index (χ1v) is 9.27. The van der Waals surface area contributed by atoms with Crippen LogP contribution in [0.15, 0.2) is 48.0 Å². The quantitative estimate of drug-likeness (QED) is 0.650. The topological polar surface area (TPSA) is 85.6 Å². The maximum atomic E-state index is 12.4. The van der Waals surface area contributed by atoms with Crippen molar-refractivity contribution in [3.63, 3.8) is 0 Å². The molecular formula is C17H17ClN6OS. The highest BCUT2D eigenvalue weighted by Crippen LogP contribution is 2.27. The van der Waals surface area contributed by atoms with Crippen LogP contribution in [0.5, 0.6) is 0 Å². The van der Waals surface area contributed by atoms with Gasteiger partial charge < -0.3 is 9.88 Å². The molecule has 0 bridgehead atoms. The van der Waals surface area contributed by atoms with E-state index in [1.165, 1.54) is 18.0 Å². The monoisotopic (exact) mass is 388 g/mol. The Morgan fingerprint density at radius 2 is 2.04 bits per heavy atom. The van der Waals surface area contributed by atoms with Crippen LogP contribution < -0.4 is 5.32 Å². The van der Waals surface area contributed by atoms with Crippen LogP contribution in [0.2, 0.25) is 5.02 Å². The molecule has 7 nitrogen and oxygen atoms in total. The Bertz CT molecular complexity index is 884. The summed E-state index contributed by atoms with van der Waals surface area (Å²) in [5, 5.41) is 12.1. The van der Waals surface area contributed by atoms with Gasteiger partial charge in [0.2, 0.25) is 5.91 Å². The fourth-order valence-electron chi connectivity index (χ4n) is 2.26. The zero-order valence-electron chi connectivity index (χ0n) is 14.3. The van der Waals surface area contributed by atoms with Crippen LogP contribution in [0.1, 0.15) is 13.8 Å². The summed E-state index contributed by atoms with van der Waals surface area (Å²) in [7, 11) is 0.